The highest BCUT2D eigenvalue weighted by Gasteiger charge is 2.09. The molecule has 0 radical (unpaired) electrons. The number of nitrogens with one attached hydrogen (secondary N) is 1. The van der Waals surface area contributed by atoms with Gasteiger partial charge in [-0.15, -0.1) is 6.58 Å². The summed E-state index contributed by atoms with van der Waals surface area (Å²) in [5.74, 6) is 1.07. The van der Waals surface area contributed by atoms with Crippen LogP contribution in [0.3, 0.4) is 0 Å². The third-order valence-corrected chi connectivity index (χ3v) is 2.78. The first kappa shape index (κ1) is 14.0. The van der Waals surface area contributed by atoms with Crippen LogP contribution in [0, 0.1) is 0 Å². The summed E-state index contributed by atoms with van der Waals surface area (Å²) in [6.45, 7) is 12.8. The van der Waals surface area contributed by atoms with Crippen LogP contribution in [-0.4, -0.2) is 24.5 Å². The average molecular weight is 236 g/mol. The fourth-order valence-corrected chi connectivity index (χ4v) is 1.75. The quantitative estimate of drug-likeness (QED) is 0.528. The predicted molar refractivity (Wildman–Crippen MR) is 71.9 cm³/mol. The van der Waals surface area contributed by atoms with Crippen LogP contribution in [0.25, 0.3) is 0 Å². The van der Waals surface area contributed by atoms with E-state index in [1.165, 1.54) is 5.56 Å². The molecular weight excluding hydrogens is 212 g/mol. The van der Waals surface area contributed by atoms with E-state index in [0.29, 0.717) is 0 Å². The molecule has 0 aromatic carbocycles. The van der Waals surface area contributed by atoms with Gasteiger partial charge < -0.3 is 9.73 Å². The maximum atomic E-state index is 5.56. The van der Waals surface area contributed by atoms with Gasteiger partial charge in [0.05, 0.1) is 12.8 Å². The molecule has 1 N–H and O–H groups in total. The third kappa shape index (κ3) is 4.75. The normalized spacial score (nSPS) is 11.0. The first-order valence-electron chi connectivity index (χ1n) is 6.41. The Morgan fingerprint density at radius 3 is 2.94 bits per heavy atom. The minimum atomic E-state index is 0.860. The molecule has 0 spiro atoms. The molecular formula is C14H24N2O. The predicted octanol–water partition coefficient (Wildman–Crippen LogP) is 2.79. The number of nitrogens with zero attached hydrogens (tertiary/aromatic N) is 1. The zero-order valence-corrected chi connectivity index (χ0v) is 11.0. The van der Waals surface area contributed by atoms with E-state index in [2.05, 4.69) is 36.7 Å². The molecule has 1 rings (SSSR count). The molecule has 0 aliphatic carbocycles. The Hall–Kier alpha value is -1.06. The fourth-order valence-electron chi connectivity index (χ4n) is 1.75. The third-order valence-electron chi connectivity index (χ3n) is 2.78. The van der Waals surface area contributed by atoms with Gasteiger partial charge in [0.1, 0.15) is 5.76 Å². The molecule has 0 aliphatic heterocycles. The van der Waals surface area contributed by atoms with E-state index < -0.39 is 0 Å². The van der Waals surface area contributed by atoms with E-state index in [1.54, 1.807) is 6.26 Å². The maximum Gasteiger partial charge on any atom is 0.122 e. The zero-order chi connectivity index (χ0) is 12.5. The molecule has 1 aromatic rings. The van der Waals surface area contributed by atoms with Crippen molar-refractivity contribution >= 4 is 0 Å². The summed E-state index contributed by atoms with van der Waals surface area (Å²) in [5, 5.41) is 3.40. The number of furan rings is 1. The van der Waals surface area contributed by atoms with Crippen molar-refractivity contribution in [1.82, 2.24) is 10.2 Å². The van der Waals surface area contributed by atoms with Gasteiger partial charge in [0.25, 0.3) is 0 Å². The second kappa shape index (κ2) is 8.09. The lowest BCUT2D eigenvalue weighted by atomic mass is 10.2. The Morgan fingerprint density at radius 2 is 2.29 bits per heavy atom. The Balaban J connectivity index is 2.51. The fraction of sp³-hybridized carbons (Fsp3) is 0.571. The lowest BCUT2D eigenvalue weighted by Gasteiger charge is -2.17. The summed E-state index contributed by atoms with van der Waals surface area (Å²) in [7, 11) is 0. The summed E-state index contributed by atoms with van der Waals surface area (Å²) in [6.07, 6.45) is 4.87. The van der Waals surface area contributed by atoms with Crippen molar-refractivity contribution < 1.29 is 4.42 Å². The Morgan fingerprint density at radius 1 is 1.47 bits per heavy atom. The monoisotopic (exact) mass is 236 g/mol. The summed E-state index contributed by atoms with van der Waals surface area (Å²) in [5.41, 5.74) is 1.26. The smallest absolute Gasteiger partial charge is 0.122 e. The Kier molecular flexibility index (Phi) is 6.67. The van der Waals surface area contributed by atoms with E-state index in [1.807, 2.05) is 6.08 Å². The minimum Gasteiger partial charge on any atom is -0.468 e. The molecule has 1 heterocycles. The van der Waals surface area contributed by atoms with Crippen LogP contribution in [0.2, 0.25) is 0 Å². The number of rotatable bonds is 9. The van der Waals surface area contributed by atoms with Crippen molar-refractivity contribution in [2.75, 3.05) is 19.6 Å². The van der Waals surface area contributed by atoms with Gasteiger partial charge >= 0.3 is 0 Å². The van der Waals surface area contributed by atoms with Crippen LogP contribution in [0.15, 0.2) is 29.4 Å². The van der Waals surface area contributed by atoms with E-state index in [9.17, 15) is 0 Å². The molecule has 1 aromatic heterocycles. The number of likely N-dealkylation sites (N-methyl/N-ethyl adjacent to an activating group) is 1. The van der Waals surface area contributed by atoms with Crippen molar-refractivity contribution in [3.63, 3.8) is 0 Å². The summed E-state index contributed by atoms with van der Waals surface area (Å²) >= 11 is 0. The lowest BCUT2D eigenvalue weighted by Crippen LogP contribution is -2.23. The summed E-state index contributed by atoms with van der Waals surface area (Å²) in [4.78, 5) is 2.30. The van der Waals surface area contributed by atoms with Gasteiger partial charge in [-0.25, -0.2) is 0 Å². The van der Waals surface area contributed by atoms with Crippen molar-refractivity contribution in [2.45, 2.75) is 33.4 Å². The van der Waals surface area contributed by atoms with Crippen LogP contribution in [0.1, 0.15) is 31.6 Å². The lowest BCUT2D eigenvalue weighted by molar-refractivity contribution is 0.279. The second-order valence-electron chi connectivity index (χ2n) is 4.16. The maximum absolute atomic E-state index is 5.56. The van der Waals surface area contributed by atoms with Gasteiger partial charge in [0.2, 0.25) is 0 Å². The molecule has 0 saturated carbocycles. The first-order chi connectivity index (χ1) is 8.31. The molecule has 0 unspecified atom stereocenters. The highest BCUT2D eigenvalue weighted by atomic mass is 16.3. The van der Waals surface area contributed by atoms with Crippen LogP contribution in [-0.2, 0) is 13.1 Å². The van der Waals surface area contributed by atoms with Crippen LogP contribution < -0.4 is 5.32 Å². The van der Waals surface area contributed by atoms with Gasteiger partial charge in [-0.05, 0) is 25.6 Å². The zero-order valence-electron chi connectivity index (χ0n) is 11.0. The second-order valence-corrected chi connectivity index (χ2v) is 4.16. The van der Waals surface area contributed by atoms with Crippen LogP contribution in [0.5, 0.6) is 0 Å². The van der Waals surface area contributed by atoms with Crippen molar-refractivity contribution in [3.05, 3.63) is 36.3 Å². The van der Waals surface area contributed by atoms with Crippen molar-refractivity contribution in [3.8, 4) is 0 Å². The minimum absolute atomic E-state index is 0.860. The largest absolute Gasteiger partial charge is 0.468 e. The Bertz CT molecular complexity index is 320. The standard InChI is InChI=1S/C14H24N2O/c1-4-8-15-11-13-7-10-17-14(13)12-16(6-3)9-5-2/h5,7,10,15H,2,4,6,8-9,11-12H2,1,3H3. The van der Waals surface area contributed by atoms with Crippen LogP contribution >= 0.6 is 0 Å². The average Bonchev–Trinajstić information content (AvgIpc) is 2.76. The van der Waals surface area contributed by atoms with E-state index >= 15 is 0 Å². The molecule has 0 fully saturated rings. The van der Waals surface area contributed by atoms with Gasteiger partial charge in [-0.1, -0.05) is 19.9 Å². The highest BCUT2D eigenvalue weighted by Crippen LogP contribution is 2.13. The van der Waals surface area contributed by atoms with E-state index in [4.69, 9.17) is 4.42 Å². The topological polar surface area (TPSA) is 28.4 Å². The molecule has 0 atom stereocenters. The summed E-state index contributed by atoms with van der Waals surface area (Å²) in [6, 6.07) is 2.06. The van der Waals surface area contributed by atoms with Crippen molar-refractivity contribution in [2.24, 2.45) is 0 Å². The molecule has 0 saturated heterocycles. The highest BCUT2D eigenvalue weighted by molar-refractivity contribution is 5.16. The van der Waals surface area contributed by atoms with E-state index in [-0.39, 0.29) is 0 Å². The molecule has 17 heavy (non-hydrogen) atoms. The van der Waals surface area contributed by atoms with Crippen molar-refractivity contribution in [1.29, 1.82) is 0 Å². The Labute approximate surface area is 104 Å². The molecule has 0 amide bonds. The molecule has 0 bridgehead atoms. The SMILES string of the molecule is C=CCN(CC)Cc1occc1CNCCC. The van der Waals surface area contributed by atoms with E-state index in [0.717, 1.165) is 44.9 Å². The molecule has 3 heteroatoms. The number of hydrogen-bond acceptors (Lipinski definition) is 3. The number of hydrogen-bond donors (Lipinski definition) is 1. The summed E-state index contributed by atoms with van der Waals surface area (Å²) < 4.78 is 5.56. The molecule has 0 aliphatic rings. The van der Waals surface area contributed by atoms with Gasteiger partial charge in [-0.2, -0.15) is 0 Å². The molecule has 96 valence electrons. The van der Waals surface area contributed by atoms with Gasteiger partial charge in [-0.3, -0.25) is 4.90 Å². The molecule has 3 nitrogen and oxygen atoms in total. The van der Waals surface area contributed by atoms with Gasteiger partial charge in [0.15, 0.2) is 0 Å². The first-order valence-corrected chi connectivity index (χ1v) is 6.41. The van der Waals surface area contributed by atoms with Gasteiger partial charge in [0, 0.05) is 18.7 Å². The van der Waals surface area contributed by atoms with Crippen LogP contribution in [0.4, 0.5) is 0 Å².